The van der Waals surface area contributed by atoms with Crippen LogP contribution >= 0.6 is 0 Å². The molecule has 0 fully saturated rings. The second-order valence-corrected chi connectivity index (χ2v) is 5.38. The molecule has 0 spiro atoms. The minimum Gasteiger partial charge on any atom is -0.493 e. The first-order valence-corrected chi connectivity index (χ1v) is 7.32. The first kappa shape index (κ1) is 14.7. The fourth-order valence-corrected chi connectivity index (χ4v) is 2.22. The van der Waals surface area contributed by atoms with Crippen LogP contribution in [-0.2, 0) is 22.0 Å². The summed E-state index contributed by atoms with van der Waals surface area (Å²) < 4.78 is 21.2. The predicted molar refractivity (Wildman–Crippen MR) is 71.8 cm³/mol. The molecule has 0 saturated carbocycles. The lowest BCUT2D eigenvalue weighted by molar-refractivity contribution is -0.116. The van der Waals surface area contributed by atoms with Crippen molar-refractivity contribution in [3.8, 4) is 11.5 Å². The van der Waals surface area contributed by atoms with Gasteiger partial charge in [-0.2, -0.15) is 0 Å². The van der Waals surface area contributed by atoms with E-state index in [0.29, 0.717) is 24.3 Å². The van der Waals surface area contributed by atoms with E-state index in [-0.39, 0.29) is 11.5 Å². The second-order valence-electron chi connectivity index (χ2n) is 3.95. The molecule has 1 atom stereocenters. The molecule has 18 heavy (non-hydrogen) atoms. The number of aryl methyl sites for hydroxylation is 1. The second kappa shape index (κ2) is 7.16. The van der Waals surface area contributed by atoms with Crippen LogP contribution in [0, 0.1) is 0 Å². The number of benzene rings is 1. The Morgan fingerprint density at radius 3 is 2.44 bits per heavy atom. The van der Waals surface area contributed by atoms with Crippen LogP contribution in [0.3, 0.4) is 0 Å². The number of Topliss-reactive ketones (excluding diaryl/α,β-unsaturated/α-hetero) is 1. The first-order valence-electron chi connectivity index (χ1n) is 5.59. The highest BCUT2D eigenvalue weighted by Gasteiger charge is 2.08. The maximum Gasteiger partial charge on any atom is 0.160 e. The zero-order valence-electron chi connectivity index (χ0n) is 10.9. The van der Waals surface area contributed by atoms with Gasteiger partial charge < -0.3 is 9.47 Å². The van der Waals surface area contributed by atoms with Gasteiger partial charge in [0, 0.05) is 23.5 Å². The summed E-state index contributed by atoms with van der Waals surface area (Å²) in [7, 11) is 2.10. The molecule has 0 aliphatic heterocycles. The molecule has 0 saturated heterocycles. The SMILES string of the molecule is COc1ccc(CCC(=O)C[S@@](C)=O)cc1OC. The number of hydrogen-bond acceptors (Lipinski definition) is 4. The van der Waals surface area contributed by atoms with Crippen molar-refractivity contribution in [1.82, 2.24) is 0 Å². The van der Waals surface area contributed by atoms with Gasteiger partial charge in [-0.05, 0) is 24.1 Å². The molecule has 1 rings (SSSR count). The van der Waals surface area contributed by atoms with Gasteiger partial charge in [0.1, 0.15) is 5.78 Å². The Balaban J connectivity index is 2.63. The van der Waals surface area contributed by atoms with Gasteiger partial charge in [-0.3, -0.25) is 9.00 Å². The molecular formula is C13H18O4S. The van der Waals surface area contributed by atoms with Crippen molar-refractivity contribution in [2.45, 2.75) is 12.8 Å². The van der Waals surface area contributed by atoms with E-state index < -0.39 is 10.8 Å². The van der Waals surface area contributed by atoms with E-state index in [1.54, 1.807) is 14.2 Å². The maximum atomic E-state index is 11.5. The summed E-state index contributed by atoms with van der Waals surface area (Å²) in [6.45, 7) is 0. The van der Waals surface area contributed by atoms with Crippen LogP contribution in [0.25, 0.3) is 0 Å². The molecule has 0 N–H and O–H groups in total. The zero-order valence-corrected chi connectivity index (χ0v) is 11.7. The van der Waals surface area contributed by atoms with Gasteiger partial charge >= 0.3 is 0 Å². The highest BCUT2D eigenvalue weighted by Crippen LogP contribution is 2.27. The van der Waals surface area contributed by atoms with Gasteiger partial charge in [0.25, 0.3) is 0 Å². The number of methoxy groups -OCH3 is 2. The lowest BCUT2D eigenvalue weighted by atomic mass is 10.1. The minimum atomic E-state index is -1.06. The highest BCUT2D eigenvalue weighted by molar-refractivity contribution is 7.85. The van der Waals surface area contributed by atoms with Gasteiger partial charge in [0.15, 0.2) is 11.5 Å². The lowest BCUT2D eigenvalue weighted by Gasteiger charge is -2.09. The molecule has 0 radical (unpaired) electrons. The molecule has 1 aromatic rings. The summed E-state index contributed by atoms with van der Waals surface area (Å²) in [6, 6.07) is 5.57. The summed E-state index contributed by atoms with van der Waals surface area (Å²) in [6.07, 6.45) is 2.56. The fourth-order valence-electron chi connectivity index (χ4n) is 1.62. The van der Waals surface area contributed by atoms with Gasteiger partial charge in [-0.1, -0.05) is 6.07 Å². The highest BCUT2D eigenvalue weighted by atomic mass is 32.2. The van der Waals surface area contributed by atoms with Crippen LogP contribution in [0.15, 0.2) is 18.2 Å². The van der Waals surface area contributed by atoms with E-state index in [9.17, 15) is 9.00 Å². The average Bonchev–Trinajstić information content (AvgIpc) is 2.35. The van der Waals surface area contributed by atoms with Crippen molar-refractivity contribution >= 4 is 16.6 Å². The van der Waals surface area contributed by atoms with E-state index in [4.69, 9.17) is 9.47 Å². The number of ketones is 1. The first-order chi connectivity index (χ1) is 8.56. The molecule has 0 aliphatic carbocycles. The largest absolute Gasteiger partial charge is 0.493 e. The van der Waals surface area contributed by atoms with E-state index in [2.05, 4.69) is 0 Å². The molecule has 0 heterocycles. The Labute approximate surface area is 110 Å². The van der Waals surface area contributed by atoms with E-state index in [0.717, 1.165) is 5.56 Å². The number of carbonyl (C=O) groups excluding carboxylic acids is 1. The predicted octanol–water partition coefficient (Wildman–Crippen LogP) is 1.58. The molecule has 0 amide bonds. The standard InChI is InChI=1S/C13H18O4S/c1-16-12-7-5-10(8-13(12)17-2)4-6-11(14)9-18(3)15/h5,7-8H,4,6,9H2,1-3H3/t18-/m1/s1. The molecule has 4 nitrogen and oxygen atoms in total. The quantitative estimate of drug-likeness (QED) is 0.755. The third-order valence-corrected chi connectivity index (χ3v) is 3.23. The average molecular weight is 270 g/mol. The van der Waals surface area contributed by atoms with Gasteiger partial charge in [0.05, 0.1) is 20.0 Å². The van der Waals surface area contributed by atoms with Crippen LogP contribution < -0.4 is 9.47 Å². The third-order valence-electron chi connectivity index (χ3n) is 2.50. The Morgan fingerprint density at radius 2 is 1.89 bits per heavy atom. The molecular weight excluding hydrogens is 252 g/mol. The Bertz CT molecular complexity index is 443. The topological polar surface area (TPSA) is 52.6 Å². The maximum absolute atomic E-state index is 11.5. The van der Waals surface area contributed by atoms with Crippen molar-refractivity contribution in [3.63, 3.8) is 0 Å². The molecule has 0 aliphatic rings. The van der Waals surface area contributed by atoms with Crippen LogP contribution in [0.2, 0.25) is 0 Å². The van der Waals surface area contributed by atoms with Crippen molar-refractivity contribution in [3.05, 3.63) is 23.8 Å². The van der Waals surface area contributed by atoms with Gasteiger partial charge in [0.2, 0.25) is 0 Å². The molecule has 0 bridgehead atoms. The van der Waals surface area contributed by atoms with E-state index in [1.165, 1.54) is 6.26 Å². The molecule has 0 unspecified atom stereocenters. The Morgan fingerprint density at radius 1 is 1.22 bits per heavy atom. The summed E-state index contributed by atoms with van der Waals surface area (Å²) in [5, 5.41) is 0. The number of hydrogen-bond donors (Lipinski definition) is 0. The number of carbonyl (C=O) groups is 1. The van der Waals surface area contributed by atoms with Crippen molar-refractivity contribution in [1.29, 1.82) is 0 Å². The summed E-state index contributed by atoms with van der Waals surface area (Å²) in [5.41, 5.74) is 1.00. The van der Waals surface area contributed by atoms with Crippen molar-refractivity contribution in [2.24, 2.45) is 0 Å². The Kier molecular flexibility index (Phi) is 5.85. The molecule has 1 aromatic carbocycles. The molecule has 0 aromatic heterocycles. The monoisotopic (exact) mass is 270 g/mol. The van der Waals surface area contributed by atoms with Crippen LogP contribution in [0.5, 0.6) is 11.5 Å². The summed E-state index contributed by atoms with van der Waals surface area (Å²) in [4.78, 5) is 11.5. The van der Waals surface area contributed by atoms with Crippen molar-refractivity contribution < 1.29 is 18.5 Å². The smallest absolute Gasteiger partial charge is 0.160 e. The van der Waals surface area contributed by atoms with Crippen LogP contribution in [0.1, 0.15) is 12.0 Å². The third kappa shape index (κ3) is 4.49. The summed E-state index contributed by atoms with van der Waals surface area (Å²) >= 11 is 0. The summed E-state index contributed by atoms with van der Waals surface area (Å²) in [5.74, 6) is 1.47. The number of ether oxygens (including phenoxy) is 2. The van der Waals surface area contributed by atoms with Crippen LogP contribution in [0.4, 0.5) is 0 Å². The zero-order chi connectivity index (χ0) is 13.5. The van der Waals surface area contributed by atoms with Gasteiger partial charge in [-0.25, -0.2) is 0 Å². The molecule has 100 valence electrons. The Hall–Kier alpha value is -1.36. The van der Waals surface area contributed by atoms with Crippen LogP contribution in [-0.4, -0.2) is 36.2 Å². The minimum absolute atomic E-state index is 0.0191. The number of rotatable bonds is 7. The van der Waals surface area contributed by atoms with E-state index in [1.807, 2.05) is 18.2 Å². The van der Waals surface area contributed by atoms with Gasteiger partial charge in [-0.15, -0.1) is 0 Å². The van der Waals surface area contributed by atoms with E-state index >= 15 is 0 Å². The normalized spacial score (nSPS) is 11.9. The van der Waals surface area contributed by atoms with Crippen molar-refractivity contribution in [2.75, 3.05) is 26.2 Å². The molecule has 5 heteroatoms. The lowest BCUT2D eigenvalue weighted by Crippen LogP contribution is -2.10. The fraction of sp³-hybridized carbons (Fsp3) is 0.462.